The van der Waals surface area contributed by atoms with Gasteiger partial charge in [-0.3, -0.25) is 28.1 Å². The molecule has 6 aromatic heterocycles. The Kier molecular flexibility index (Phi) is 28.6. The van der Waals surface area contributed by atoms with Crippen molar-refractivity contribution in [2.45, 2.75) is 132 Å². The first-order valence-electron chi connectivity index (χ1n) is 35.8. The Morgan fingerprint density at radius 3 is 1.18 bits per heavy atom. The van der Waals surface area contributed by atoms with Crippen molar-refractivity contribution in [2.75, 3.05) is 38.0 Å². The lowest BCUT2D eigenvalue weighted by Crippen LogP contribution is -2.28. The van der Waals surface area contributed by atoms with Gasteiger partial charge in [0, 0.05) is 189 Å². The maximum atomic E-state index is 14.0. The number of halogens is 5. The molecule has 0 unspecified atom stereocenters. The van der Waals surface area contributed by atoms with Crippen molar-refractivity contribution >= 4 is 34.1 Å². The molecule has 0 saturated heterocycles. The first-order chi connectivity index (χ1) is 51.3. The Morgan fingerprint density at radius 1 is 0.370 bits per heavy atom. The summed E-state index contributed by atoms with van der Waals surface area (Å²) in [6.45, 7) is 25.4. The summed E-state index contributed by atoms with van der Waals surface area (Å²) >= 11 is 0. The van der Waals surface area contributed by atoms with Crippen LogP contribution < -0.4 is 31.5 Å². The van der Waals surface area contributed by atoms with E-state index >= 15 is 0 Å². The van der Waals surface area contributed by atoms with E-state index in [0.717, 1.165) is 74.9 Å². The highest BCUT2D eigenvalue weighted by molar-refractivity contribution is 5.78. The number of anilines is 6. The van der Waals surface area contributed by atoms with Crippen molar-refractivity contribution in [1.82, 2.24) is 58.7 Å². The lowest BCUT2D eigenvalue weighted by molar-refractivity contribution is 0.152. The highest BCUT2D eigenvalue weighted by Gasteiger charge is 2.25. The van der Waals surface area contributed by atoms with Gasteiger partial charge in [-0.05, 0) is 190 Å². The van der Waals surface area contributed by atoms with Crippen LogP contribution >= 0.6 is 0 Å². The molecule has 0 saturated carbocycles. The molecule has 1 aliphatic heterocycles. The van der Waals surface area contributed by atoms with Crippen LogP contribution in [0.15, 0.2) is 177 Å². The Hall–Kier alpha value is -12.0. The quantitative estimate of drug-likeness (QED) is 0.0505. The van der Waals surface area contributed by atoms with E-state index in [1.165, 1.54) is 57.5 Å². The first kappa shape index (κ1) is 81.7. The van der Waals surface area contributed by atoms with Crippen LogP contribution in [0.25, 0.3) is 66.8 Å². The first-order valence-corrected chi connectivity index (χ1v) is 35.8. The zero-order valence-electron chi connectivity index (χ0n) is 64.8. The fraction of sp³-hybridized carbons (Fsp3) is 0.325. The average molecular weight is 1470 g/mol. The number of nitrogens with one attached hydrogen (secondary N) is 5. The molecule has 5 N–H and O–H groups in total. The monoisotopic (exact) mass is 1470 g/mol. The van der Waals surface area contributed by atoms with E-state index < -0.39 is 12.2 Å². The molecule has 13 rings (SSSR count). The van der Waals surface area contributed by atoms with Gasteiger partial charge in [0.1, 0.15) is 17.5 Å². The van der Waals surface area contributed by atoms with Crippen LogP contribution in [0, 0.1) is 40.1 Å². The summed E-state index contributed by atoms with van der Waals surface area (Å²) in [4.78, 5) is 2.36. The number of nitrogens with zero attached hydrogens (tertiary/aromatic N) is 15. The molecule has 12 aromatic rings. The smallest absolute Gasteiger partial charge is 0.264 e. The third kappa shape index (κ3) is 23.0. The van der Waals surface area contributed by atoms with Gasteiger partial charge in [-0.15, -0.1) is 0 Å². The van der Waals surface area contributed by atoms with Crippen molar-refractivity contribution < 1.29 is 22.0 Å². The van der Waals surface area contributed by atoms with E-state index in [-0.39, 0.29) is 46.6 Å². The number of hydrogen-bond donors (Lipinski definition) is 5. The number of rotatable bonds is 18. The van der Waals surface area contributed by atoms with Crippen LogP contribution in [0.3, 0.4) is 0 Å². The van der Waals surface area contributed by atoms with Crippen LogP contribution in [0.5, 0.6) is 0 Å². The summed E-state index contributed by atoms with van der Waals surface area (Å²) in [5, 5.41) is 58.9. The third-order valence-electron chi connectivity index (χ3n) is 16.6. The Labute approximate surface area is 630 Å². The zero-order chi connectivity index (χ0) is 78.6. The van der Waals surface area contributed by atoms with E-state index in [9.17, 15) is 32.5 Å². The van der Waals surface area contributed by atoms with Gasteiger partial charge in [0.2, 0.25) is 0 Å². The predicted molar refractivity (Wildman–Crippen MR) is 426 cm³/mol. The number of hydrogen-bond acceptors (Lipinski definition) is 14. The fourth-order valence-electron chi connectivity index (χ4n) is 11.8. The van der Waals surface area contributed by atoms with Crippen molar-refractivity contribution in [3.05, 3.63) is 217 Å². The minimum Gasteiger partial charge on any atom is -0.383 e. The Morgan fingerprint density at radius 2 is 0.750 bits per heavy atom. The minimum absolute atomic E-state index is 0.0423. The van der Waals surface area contributed by atoms with Gasteiger partial charge in [-0.1, -0.05) is 30.3 Å². The van der Waals surface area contributed by atoms with Gasteiger partial charge in [-0.2, -0.15) is 41.1 Å². The Balaban J connectivity index is 0.000000164. The highest BCUT2D eigenvalue weighted by Crippen LogP contribution is 2.38. The van der Waals surface area contributed by atoms with Crippen LogP contribution in [-0.4, -0.2) is 101 Å². The molecule has 0 aliphatic carbocycles. The summed E-state index contributed by atoms with van der Waals surface area (Å²) in [5.41, 5.74) is 17.1. The summed E-state index contributed by atoms with van der Waals surface area (Å²) in [5.74, 6) is -1.16. The molecular weight excluding hydrogens is 1370 g/mol. The number of nitriles is 2. The number of benzene rings is 6. The third-order valence-corrected chi connectivity index (χ3v) is 16.6. The fourth-order valence-corrected chi connectivity index (χ4v) is 11.8. The normalized spacial score (nSPS) is 11.4. The SMILES string of the molecule is CC(C)N1CCc2cc(-c3cnn(C)c3)c(C#N)cc21.CC(C)Nc1cc(C#N)c(-c2cnn(C)c2)cc1F.CC(C)Nc1cc(C(F)F)c(-c2cnn(C)c2)cc1F.CC(C)Nc1ccc(-c2cnn(C)c2)cc1.CC(C)Nc1ccc(-c2cnn(C)c2)cc1F.CC(C)Nc1cccc(-c2cnn(C)c2)c1. The number of aromatic nitrogens is 12. The van der Waals surface area contributed by atoms with E-state index in [2.05, 4.69) is 170 Å². The van der Waals surface area contributed by atoms with E-state index in [1.807, 2.05) is 135 Å². The molecule has 0 atom stereocenters. The van der Waals surface area contributed by atoms with Crippen molar-refractivity contribution in [2.24, 2.45) is 42.3 Å². The number of alkyl halides is 2. The lowest BCUT2D eigenvalue weighted by atomic mass is 9.98. The van der Waals surface area contributed by atoms with Crippen molar-refractivity contribution in [3.63, 3.8) is 0 Å². The molecule has 0 spiro atoms. The molecule has 0 fully saturated rings. The van der Waals surface area contributed by atoms with Gasteiger partial charge >= 0.3 is 0 Å². The van der Waals surface area contributed by atoms with E-state index in [0.29, 0.717) is 46.2 Å². The van der Waals surface area contributed by atoms with Crippen molar-refractivity contribution in [3.8, 4) is 78.9 Å². The second-order valence-corrected chi connectivity index (χ2v) is 28.1. The molecule has 20 nitrogen and oxygen atoms in total. The van der Waals surface area contributed by atoms with Gasteiger partial charge in [0.15, 0.2) is 0 Å². The molecule has 7 heterocycles. The summed E-state index contributed by atoms with van der Waals surface area (Å²) < 4.78 is 78.4. The lowest BCUT2D eigenvalue weighted by Gasteiger charge is -2.24. The molecule has 566 valence electrons. The molecule has 108 heavy (non-hydrogen) atoms. The van der Waals surface area contributed by atoms with Crippen LogP contribution in [0.1, 0.15) is 112 Å². The maximum Gasteiger partial charge on any atom is 0.264 e. The molecule has 0 amide bonds. The zero-order valence-corrected chi connectivity index (χ0v) is 64.8. The highest BCUT2D eigenvalue weighted by atomic mass is 19.3. The average Bonchev–Trinajstić information content (AvgIpc) is 1.61. The van der Waals surface area contributed by atoms with Crippen LogP contribution in [0.2, 0.25) is 0 Å². The minimum atomic E-state index is -2.68. The number of fused-ring (bicyclic) bond motifs is 1. The predicted octanol–water partition coefficient (Wildman–Crippen LogP) is 18.5. The molecule has 25 heteroatoms. The second-order valence-electron chi connectivity index (χ2n) is 28.1. The van der Waals surface area contributed by atoms with Gasteiger partial charge in [0.25, 0.3) is 6.43 Å². The van der Waals surface area contributed by atoms with Crippen LogP contribution in [-0.2, 0) is 48.7 Å². The second kappa shape index (κ2) is 37.8. The molecule has 0 bridgehead atoms. The molecule has 1 aliphatic rings. The Bertz CT molecular complexity index is 4980. The van der Waals surface area contributed by atoms with Gasteiger partial charge in [0.05, 0.1) is 77.5 Å². The van der Waals surface area contributed by atoms with Crippen molar-refractivity contribution in [1.29, 1.82) is 10.5 Å². The molecule has 6 aromatic carbocycles. The maximum absolute atomic E-state index is 14.0. The van der Waals surface area contributed by atoms with Gasteiger partial charge in [-0.25, -0.2) is 22.0 Å². The van der Waals surface area contributed by atoms with E-state index in [4.69, 9.17) is 0 Å². The van der Waals surface area contributed by atoms with Gasteiger partial charge < -0.3 is 31.5 Å². The molecule has 0 radical (unpaired) electrons. The van der Waals surface area contributed by atoms with Crippen LogP contribution in [0.4, 0.5) is 56.1 Å². The molecular formula is C83H99F5N20. The summed E-state index contributed by atoms with van der Waals surface area (Å²) in [7, 11) is 11.0. The standard InChI is InChI=1S/C16H18N4.C14H16F3N3.C14H15FN4.C13H16FN3.2C13H17N3/c1-11(2)20-5-4-12-6-15(13(8-17)7-16(12)20)14-9-18-19(3)10-14;1-8(2)19-13-5-11(14(16)17)10(4-12(13)15)9-6-18-20(3)7-9;1-9(2)18-14-4-10(6-16)12(5-13(14)15)11-7-17-19(3)8-11;1-9(2)16-13-5-4-10(6-12(13)14)11-7-15-17(3)8-11;1-10(2)15-13-6-4-11(5-7-13)12-8-14-16(3)9-12;1-10(2)15-13-6-4-5-11(7-13)12-8-14-16(3)9-12/h6-7,9-11H,4-5H2,1-3H3;4-8,14,19H,1-3H3;4-5,7-9,18H,1-3H3;4-9,16H,1-3H3;2*4-10,15H,1-3H3. The number of aryl methyl sites for hydroxylation is 6. The van der Waals surface area contributed by atoms with E-state index in [1.54, 1.807) is 59.0 Å². The summed E-state index contributed by atoms with van der Waals surface area (Å²) in [6.07, 6.45) is 19.9. The topological polar surface area (TPSA) is 218 Å². The largest absolute Gasteiger partial charge is 0.383 e. The summed E-state index contributed by atoms with van der Waals surface area (Å²) in [6, 6.07) is 37.5.